The van der Waals surface area contributed by atoms with Crippen LogP contribution < -0.4 is 16.8 Å². The van der Waals surface area contributed by atoms with E-state index in [1.165, 1.54) is 12.1 Å². The van der Waals surface area contributed by atoms with Crippen molar-refractivity contribution >= 4 is 17.8 Å². The number of anilines is 3. The van der Waals surface area contributed by atoms with Crippen LogP contribution in [0.15, 0.2) is 18.2 Å². The monoisotopic (exact) mass is 248 g/mol. The summed E-state index contributed by atoms with van der Waals surface area (Å²) < 4.78 is 0. The lowest BCUT2D eigenvalue weighted by Gasteiger charge is -2.06. The molecule has 0 fully saturated rings. The Morgan fingerprint density at radius 3 is 2.28 bits per heavy atom. The van der Waals surface area contributed by atoms with E-state index in [0.717, 1.165) is 5.56 Å². The lowest BCUT2D eigenvalue weighted by Crippen LogP contribution is -2.09. The van der Waals surface area contributed by atoms with E-state index in [-0.39, 0.29) is 29.3 Å². The zero-order valence-electron chi connectivity index (χ0n) is 9.33. The van der Waals surface area contributed by atoms with Crippen molar-refractivity contribution in [2.24, 2.45) is 0 Å². The second-order valence-corrected chi connectivity index (χ2v) is 3.55. The summed E-state index contributed by atoms with van der Waals surface area (Å²) in [5, 5.41) is 21.4. The van der Waals surface area contributed by atoms with Gasteiger partial charge in [-0.05, 0) is 17.7 Å². The summed E-state index contributed by atoms with van der Waals surface area (Å²) in [4.78, 5) is 11.3. The average molecular weight is 248 g/mol. The van der Waals surface area contributed by atoms with Crippen LogP contribution in [0.5, 0.6) is 11.5 Å². The number of nitrogens with two attached hydrogens (primary N) is 2. The number of rotatable bonds is 3. The molecule has 18 heavy (non-hydrogen) atoms. The highest BCUT2D eigenvalue weighted by Crippen LogP contribution is 2.25. The van der Waals surface area contributed by atoms with Gasteiger partial charge in [-0.3, -0.25) is 0 Å². The highest BCUT2D eigenvalue weighted by atomic mass is 16.3. The Morgan fingerprint density at radius 1 is 1.00 bits per heavy atom. The van der Waals surface area contributed by atoms with Crippen molar-refractivity contribution in [3.8, 4) is 11.5 Å². The fraction of sp³-hybridized carbons (Fsp3) is 0.100. The van der Waals surface area contributed by atoms with E-state index in [4.69, 9.17) is 16.6 Å². The van der Waals surface area contributed by atoms with Crippen LogP contribution in [0.25, 0.3) is 0 Å². The highest BCUT2D eigenvalue weighted by Gasteiger charge is 2.03. The summed E-state index contributed by atoms with van der Waals surface area (Å²) in [6.45, 7) is 0.344. The number of nitrogen functional groups attached to an aromatic ring is 2. The molecule has 0 aliphatic carbocycles. The second-order valence-electron chi connectivity index (χ2n) is 3.55. The van der Waals surface area contributed by atoms with Crippen molar-refractivity contribution in [1.29, 1.82) is 0 Å². The molecule has 0 saturated heterocycles. The minimum absolute atomic E-state index is 0.0264. The first-order valence-electron chi connectivity index (χ1n) is 5.06. The van der Waals surface area contributed by atoms with Crippen molar-refractivity contribution in [2.45, 2.75) is 6.54 Å². The van der Waals surface area contributed by atoms with Gasteiger partial charge in [0.15, 0.2) is 11.5 Å². The number of aromatic hydroxyl groups is 2. The topological polar surface area (TPSA) is 143 Å². The fourth-order valence-corrected chi connectivity index (χ4v) is 1.35. The van der Waals surface area contributed by atoms with Crippen LogP contribution >= 0.6 is 0 Å². The quantitative estimate of drug-likeness (QED) is 0.480. The number of aromatic nitrogens is 3. The average Bonchev–Trinajstić information content (AvgIpc) is 2.29. The van der Waals surface area contributed by atoms with Crippen LogP contribution in [0.4, 0.5) is 17.8 Å². The molecule has 0 atom stereocenters. The molecule has 1 heterocycles. The van der Waals surface area contributed by atoms with Gasteiger partial charge in [-0.15, -0.1) is 0 Å². The molecule has 0 spiro atoms. The van der Waals surface area contributed by atoms with E-state index < -0.39 is 0 Å². The Hall–Kier alpha value is -2.77. The van der Waals surface area contributed by atoms with Crippen LogP contribution in [-0.2, 0) is 6.54 Å². The molecule has 2 aromatic rings. The van der Waals surface area contributed by atoms with Crippen LogP contribution in [-0.4, -0.2) is 25.2 Å². The van der Waals surface area contributed by atoms with Crippen LogP contribution in [0.3, 0.4) is 0 Å². The molecule has 1 aromatic carbocycles. The van der Waals surface area contributed by atoms with Gasteiger partial charge in [-0.2, -0.15) is 15.0 Å². The van der Waals surface area contributed by atoms with Gasteiger partial charge >= 0.3 is 0 Å². The van der Waals surface area contributed by atoms with E-state index in [9.17, 15) is 5.11 Å². The zero-order valence-corrected chi connectivity index (χ0v) is 9.33. The summed E-state index contributed by atoms with van der Waals surface area (Å²) >= 11 is 0. The molecule has 0 aliphatic rings. The molecule has 0 unspecified atom stereocenters. The number of phenols is 2. The number of nitrogens with zero attached hydrogens (tertiary/aromatic N) is 3. The first kappa shape index (κ1) is 11.7. The Kier molecular flexibility index (Phi) is 3.00. The van der Waals surface area contributed by atoms with Crippen LogP contribution in [0.2, 0.25) is 0 Å². The van der Waals surface area contributed by atoms with Crippen molar-refractivity contribution < 1.29 is 10.2 Å². The van der Waals surface area contributed by atoms with E-state index in [1.807, 2.05) is 0 Å². The second kappa shape index (κ2) is 4.62. The minimum atomic E-state index is -0.191. The van der Waals surface area contributed by atoms with E-state index in [1.54, 1.807) is 6.07 Å². The number of phenolic OH excluding ortho intramolecular Hbond substituents is 2. The van der Waals surface area contributed by atoms with Crippen molar-refractivity contribution in [3.63, 3.8) is 0 Å². The third kappa shape index (κ3) is 2.67. The summed E-state index contributed by atoms with van der Waals surface area (Å²) in [5.41, 5.74) is 11.6. The van der Waals surface area contributed by atoms with Gasteiger partial charge in [0.2, 0.25) is 17.8 Å². The third-order valence-corrected chi connectivity index (χ3v) is 2.16. The van der Waals surface area contributed by atoms with E-state index in [2.05, 4.69) is 20.3 Å². The van der Waals surface area contributed by atoms with Gasteiger partial charge < -0.3 is 27.0 Å². The number of hydrogen-bond donors (Lipinski definition) is 5. The van der Waals surface area contributed by atoms with Gasteiger partial charge in [0.05, 0.1) is 0 Å². The maximum atomic E-state index is 9.33. The largest absolute Gasteiger partial charge is 0.504 e. The lowest BCUT2D eigenvalue weighted by molar-refractivity contribution is 0.403. The Balaban J connectivity index is 2.08. The van der Waals surface area contributed by atoms with Gasteiger partial charge in [0.25, 0.3) is 0 Å². The molecule has 8 heteroatoms. The third-order valence-electron chi connectivity index (χ3n) is 2.16. The first-order valence-corrected chi connectivity index (χ1v) is 5.06. The summed E-state index contributed by atoms with van der Waals surface area (Å²) in [7, 11) is 0. The predicted octanol–water partition coefficient (Wildman–Crippen LogP) is 0.0593. The smallest absolute Gasteiger partial charge is 0.229 e. The van der Waals surface area contributed by atoms with Crippen molar-refractivity contribution in [2.75, 3.05) is 16.8 Å². The molecule has 7 N–H and O–H groups in total. The van der Waals surface area contributed by atoms with Crippen molar-refractivity contribution in [3.05, 3.63) is 23.8 Å². The highest BCUT2D eigenvalue weighted by molar-refractivity contribution is 5.42. The molecule has 0 bridgehead atoms. The SMILES string of the molecule is Nc1nc(N)nc(NCc2ccc(O)c(O)c2)n1. The molecule has 2 rings (SSSR count). The fourth-order valence-electron chi connectivity index (χ4n) is 1.35. The number of hydrogen-bond acceptors (Lipinski definition) is 8. The molecule has 0 aliphatic heterocycles. The van der Waals surface area contributed by atoms with Crippen molar-refractivity contribution in [1.82, 2.24) is 15.0 Å². The maximum absolute atomic E-state index is 9.33. The first-order chi connectivity index (χ1) is 8.54. The molecular weight excluding hydrogens is 236 g/mol. The molecule has 8 nitrogen and oxygen atoms in total. The summed E-state index contributed by atoms with van der Waals surface area (Å²) in [6, 6.07) is 4.47. The van der Waals surface area contributed by atoms with Gasteiger partial charge in [0, 0.05) is 6.54 Å². The number of benzene rings is 1. The van der Waals surface area contributed by atoms with Crippen LogP contribution in [0.1, 0.15) is 5.56 Å². The summed E-state index contributed by atoms with van der Waals surface area (Å²) in [5.74, 6) is -0.0685. The molecule has 0 radical (unpaired) electrons. The number of nitrogens with one attached hydrogen (secondary N) is 1. The lowest BCUT2D eigenvalue weighted by atomic mass is 10.2. The summed E-state index contributed by atoms with van der Waals surface area (Å²) in [6.07, 6.45) is 0. The Bertz CT molecular complexity index is 554. The van der Waals surface area contributed by atoms with Crippen LogP contribution in [0, 0.1) is 0 Å². The molecule has 0 saturated carbocycles. The molecule has 1 aromatic heterocycles. The molecule has 0 amide bonds. The Morgan fingerprint density at radius 2 is 1.67 bits per heavy atom. The van der Waals surface area contributed by atoms with E-state index >= 15 is 0 Å². The normalized spacial score (nSPS) is 10.2. The molecule has 94 valence electrons. The van der Waals surface area contributed by atoms with Gasteiger partial charge in [-0.1, -0.05) is 6.07 Å². The van der Waals surface area contributed by atoms with Gasteiger partial charge in [0.1, 0.15) is 0 Å². The van der Waals surface area contributed by atoms with E-state index in [0.29, 0.717) is 6.54 Å². The van der Waals surface area contributed by atoms with Gasteiger partial charge in [-0.25, -0.2) is 0 Å². The zero-order chi connectivity index (χ0) is 13.1. The maximum Gasteiger partial charge on any atom is 0.229 e. The molecular formula is C10H12N6O2. The standard InChI is InChI=1S/C10H12N6O2/c11-8-14-9(12)16-10(15-8)13-4-5-1-2-6(17)7(18)3-5/h1-3,17-18H,4H2,(H5,11,12,13,14,15,16). The Labute approximate surface area is 102 Å². The predicted molar refractivity (Wildman–Crippen MR) is 65.8 cm³/mol. The minimum Gasteiger partial charge on any atom is -0.504 e.